The highest BCUT2D eigenvalue weighted by Gasteiger charge is 2.29. The summed E-state index contributed by atoms with van der Waals surface area (Å²) in [5.41, 5.74) is 1.28. The van der Waals surface area contributed by atoms with Crippen molar-refractivity contribution in [3.05, 3.63) is 76.9 Å². The van der Waals surface area contributed by atoms with E-state index in [0.717, 1.165) is 0 Å². The molecular formula is C23H23N3O5S. The van der Waals surface area contributed by atoms with Gasteiger partial charge in [-0.25, -0.2) is 13.4 Å². The van der Waals surface area contributed by atoms with Crippen LogP contribution in [0.25, 0.3) is 16.6 Å². The number of hydrogen-bond donors (Lipinski definition) is 1. The summed E-state index contributed by atoms with van der Waals surface area (Å²) in [4.78, 5) is 30.2. The predicted molar refractivity (Wildman–Crippen MR) is 122 cm³/mol. The fraction of sp³-hybridized carbons (Fsp3) is 0.261. The first-order valence-corrected chi connectivity index (χ1v) is 12.0. The lowest BCUT2D eigenvalue weighted by Gasteiger charge is -2.13. The van der Waals surface area contributed by atoms with Crippen LogP contribution in [0.1, 0.15) is 22.6 Å². The van der Waals surface area contributed by atoms with Crippen molar-refractivity contribution in [1.82, 2.24) is 14.9 Å². The number of benzene rings is 2. The van der Waals surface area contributed by atoms with Crippen LogP contribution in [0.2, 0.25) is 0 Å². The Morgan fingerprint density at radius 1 is 1.28 bits per heavy atom. The third kappa shape index (κ3) is 4.43. The number of sulfone groups is 1. The fourth-order valence-electron chi connectivity index (χ4n) is 3.76. The smallest absolute Gasteiger partial charge is 0.266 e. The fourth-order valence-corrected chi connectivity index (χ4v) is 5.44. The van der Waals surface area contributed by atoms with Crippen molar-refractivity contribution in [2.24, 2.45) is 0 Å². The monoisotopic (exact) mass is 453 g/mol. The van der Waals surface area contributed by atoms with Crippen molar-refractivity contribution in [2.75, 3.05) is 18.1 Å². The molecule has 1 amide bonds. The van der Waals surface area contributed by atoms with Crippen LogP contribution in [-0.2, 0) is 9.84 Å². The molecule has 0 unspecified atom stereocenters. The van der Waals surface area contributed by atoms with Gasteiger partial charge in [0, 0.05) is 11.6 Å². The Kier molecular flexibility index (Phi) is 5.84. The minimum absolute atomic E-state index is 0.0350. The summed E-state index contributed by atoms with van der Waals surface area (Å²) < 4.78 is 30.2. The van der Waals surface area contributed by atoms with Gasteiger partial charge in [-0.1, -0.05) is 12.7 Å². The van der Waals surface area contributed by atoms with E-state index >= 15 is 0 Å². The number of fused-ring (bicyclic) bond motifs is 1. The van der Waals surface area contributed by atoms with E-state index < -0.39 is 9.84 Å². The zero-order chi connectivity index (χ0) is 22.9. The molecule has 1 aliphatic heterocycles. The van der Waals surface area contributed by atoms with Crippen LogP contribution >= 0.6 is 0 Å². The van der Waals surface area contributed by atoms with E-state index in [2.05, 4.69) is 16.9 Å². The lowest BCUT2D eigenvalue weighted by atomic mass is 10.1. The molecule has 1 N–H and O–H groups in total. The highest BCUT2D eigenvalue weighted by molar-refractivity contribution is 7.91. The number of aryl methyl sites for hydroxylation is 1. The van der Waals surface area contributed by atoms with Gasteiger partial charge in [0.15, 0.2) is 9.84 Å². The SMILES string of the molecule is C=CCOc1ccc2nc(C)n(-c3ccc(C(=O)N[C@H]4CCS(=O)(=O)C4)cc3)c(=O)c2c1. The molecule has 1 fully saturated rings. The summed E-state index contributed by atoms with van der Waals surface area (Å²) in [6.07, 6.45) is 2.04. The number of ether oxygens (including phenoxy) is 1. The van der Waals surface area contributed by atoms with E-state index in [1.807, 2.05) is 0 Å². The summed E-state index contributed by atoms with van der Waals surface area (Å²) in [7, 11) is -3.08. The van der Waals surface area contributed by atoms with Gasteiger partial charge < -0.3 is 10.1 Å². The lowest BCUT2D eigenvalue weighted by Crippen LogP contribution is -2.35. The van der Waals surface area contributed by atoms with Gasteiger partial charge in [-0.2, -0.15) is 0 Å². The van der Waals surface area contributed by atoms with Crippen molar-refractivity contribution in [1.29, 1.82) is 0 Å². The number of carbonyl (C=O) groups is 1. The molecule has 2 heterocycles. The molecule has 4 rings (SSSR count). The molecule has 2 aromatic carbocycles. The molecule has 8 nitrogen and oxygen atoms in total. The summed E-state index contributed by atoms with van der Waals surface area (Å²) >= 11 is 0. The van der Waals surface area contributed by atoms with Crippen molar-refractivity contribution in [2.45, 2.75) is 19.4 Å². The first-order valence-electron chi connectivity index (χ1n) is 10.2. The van der Waals surface area contributed by atoms with Crippen LogP contribution in [0.4, 0.5) is 0 Å². The number of rotatable bonds is 6. The van der Waals surface area contributed by atoms with E-state index in [9.17, 15) is 18.0 Å². The summed E-state index contributed by atoms with van der Waals surface area (Å²) in [5, 5.41) is 3.18. The Morgan fingerprint density at radius 3 is 2.69 bits per heavy atom. The van der Waals surface area contributed by atoms with Gasteiger partial charge in [-0.3, -0.25) is 14.2 Å². The molecule has 166 valence electrons. The van der Waals surface area contributed by atoms with Gasteiger partial charge in [0.25, 0.3) is 11.5 Å². The summed E-state index contributed by atoms with van der Waals surface area (Å²) in [5.74, 6) is 0.771. The number of nitrogens with one attached hydrogen (secondary N) is 1. The van der Waals surface area contributed by atoms with E-state index in [1.54, 1.807) is 55.5 Å². The molecule has 0 saturated carbocycles. The largest absolute Gasteiger partial charge is 0.490 e. The Bertz CT molecular complexity index is 1360. The van der Waals surface area contributed by atoms with E-state index in [4.69, 9.17) is 4.74 Å². The molecule has 0 aliphatic carbocycles. The zero-order valence-electron chi connectivity index (χ0n) is 17.6. The molecule has 3 aromatic rings. The van der Waals surface area contributed by atoms with Crippen LogP contribution in [-0.4, -0.2) is 48.0 Å². The molecule has 1 atom stereocenters. The second-order valence-electron chi connectivity index (χ2n) is 7.70. The predicted octanol–water partition coefficient (Wildman–Crippen LogP) is 2.18. The number of aromatic nitrogens is 2. The molecule has 32 heavy (non-hydrogen) atoms. The Morgan fingerprint density at radius 2 is 2.03 bits per heavy atom. The number of nitrogens with zero attached hydrogens (tertiary/aromatic N) is 2. The molecular weight excluding hydrogens is 430 g/mol. The number of carbonyl (C=O) groups excluding carboxylic acids is 1. The maximum Gasteiger partial charge on any atom is 0.266 e. The van der Waals surface area contributed by atoms with Crippen LogP contribution in [0.3, 0.4) is 0 Å². The van der Waals surface area contributed by atoms with Crippen LogP contribution in [0.5, 0.6) is 5.75 Å². The second-order valence-corrected chi connectivity index (χ2v) is 9.93. The van der Waals surface area contributed by atoms with Crippen LogP contribution < -0.4 is 15.6 Å². The van der Waals surface area contributed by atoms with Crippen LogP contribution in [0, 0.1) is 6.92 Å². The first-order chi connectivity index (χ1) is 15.3. The Hall–Kier alpha value is -3.46. The van der Waals surface area contributed by atoms with E-state index in [1.165, 1.54) is 4.57 Å². The third-order valence-electron chi connectivity index (χ3n) is 5.33. The van der Waals surface area contributed by atoms with Crippen molar-refractivity contribution < 1.29 is 17.9 Å². The lowest BCUT2D eigenvalue weighted by molar-refractivity contribution is 0.0941. The maximum atomic E-state index is 13.2. The number of amides is 1. The van der Waals surface area contributed by atoms with E-state index in [-0.39, 0.29) is 29.0 Å². The van der Waals surface area contributed by atoms with Crippen molar-refractivity contribution in [3.63, 3.8) is 0 Å². The number of hydrogen-bond acceptors (Lipinski definition) is 6. The third-order valence-corrected chi connectivity index (χ3v) is 7.10. The minimum atomic E-state index is -3.08. The topological polar surface area (TPSA) is 107 Å². The van der Waals surface area contributed by atoms with Gasteiger partial charge in [0.05, 0.1) is 28.1 Å². The average Bonchev–Trinajstić information content (AvgIpc) is 3.11. The molecule has 1 aliphatic rings. The molecule has 1 aromatic heterocycles. The van der Waals surface area contributed by atoms with Crippen LogP contribution in [0.15, 0.2) is 59.9 Å². The van der Waals surface area contributed by atoms with Gasteiger partial charge in [-0.05, 0) is 55.8 Å². The van der Waals surface area contributed by atoms with E-state index in [0.29, 0.717) is 46.8 Å². The van der Waals surface area contributed by atoms with Gasteiger partial charge >= 0.3 is 0 Å². The Labute approximate surface area is 185 Å². The Balaban J connectivity index is 1.61. The molecule has 0 radical (unpaired) electrons. The molecule has 1 saturated heterocycles. The van der Waals surface area contributed by atoms with Gasteiger partial charge in [0.2, 0.25) is 0 Å². The molecule has 0 spiro atoms. The quantitative estimate of drug-likeness (QED) is 0.573. The highest BCUT2D eigenvalue weighted by Crippen LogP contribution is 2.19. The molecule has 9 heteroatoms. The average molecular weight is 454 g/mol. The first kappa shape index (κ1) is 21.8. The van der Waals surface area contributed by atoms with Crippen molar-refractivity contribution >= 4 is 26.6 Å². The summed E-state index contributed by atoms with van der Waals surface area (Å²) in [6, 6.07) is 11.3. The second kappa shape index (κ2) is 8.58. The van der Waals surface area contributed by atoms with Gasteiger partial charge in [-0.15, -0.1) is 0 Å². The van der Waals surface area contributed by atoms with Crippen molar-refractivity contribution in [3.8, 4) is 11.4 Å². The standard InChI is InChI=1S/C23H23N3O5S/c1-3-11-31-19-8-9-21-20(13-19)23(28)26(15(2)24-21)18-6-4-16(5-7-18)22(27)25-17-10-12-32(29,30)14-17/h3-9,13,17H,1,10-12,14H2,2H3,(H,25,27)/t17-/m0/s1. The molecule has 0 bridgehead atoms. The summed E-state index contributed by atoms with van der Waals surface area (Å²) in [6.45, 7) is 5.69. The highest BCUT2D eigenvalue weighted by atomic mass is 32.2. The van der Waals surface area contributed by atoms with Gasteiger partial charge in [0.1, 0.15) is 18.2 Å². The maximum absolute atomic E-state index is 13.2. The minimum Gasteiger partial charge on any atom is -0.490 e. The zero-order valence-corrected chi connectivity index (χ0v) is 18.4. The normalized spacial score (nSPS) is 17.2.